The van der Waals surface area contributed by atoms with E-state index in [0.717, 1.165) is 16.5 Å². The van der Waals surface area contributed by atoms with Crippen molar-refractivity contribution in [2.45, 2.75) is 76.5 Å². The molecule has 1 fully saturated rings. The fraction of sp³-hybridized carbons (Fsp3) is 0.519. The number of amides is 4. The Morgan fingerprint density at radius 1 is 1.13 bits per heavy atom. The van der Waals surface area contributed by atoms with Gasteiger partial charge in [0.1, 0.15) is 18.1 Å². The second-order valence-corrected chi connectivity index (χ2v) is 10.1. The van der Waals surface area contributed by atoms with Crippen molar-refractivity contribution in [3.05, 3.63) is 36.0 Å². The van der Waals surface area contributed by atoms with Crippen molar-refractivity contribution in [1.82, 2.24) is 20.5 Å². The van der Waals surface area contributed by atoms with Gasteiger partial charge in [-0.25, -0.2) is 4.79 Å². The molecule has 12 heteroatoms. The third-order valence-corrected chi connectivity index (χ3v) is 7.41. The van der Waals surface area contributed by atoms with Crippen molar-refractivity contribution in [2.24, 2.45) is 17.4 Å². The number of likely N-dealkylation sites (tertiary alicyclic amines) is 1. The second-order valence-electron chi connectivity index (χ2n) is 10.1. The van der Waals surface area contributed by atoms with Crippen molar-refractivity contribution >= 4 is 40.5 Å². The van der Waals surface area contributed by atoms with Crippen LogP contribution >= 0.6 is 0 Å². The minimum atomic E-state index is -1.17. The molecule has 1 aromatic heterocycles. The van der Waals surface area contributed by atoms with Gasteiger partial charge in [0.15, 0.2) is 0 Å². The summed E-state index contributed by atoms with van der Waals surface area (Å²) in [4.78, 5) is 67.6. The highest BCUT2D eigenvalue weighted by Crippen LogP contribution is 2.23. The van der Waals surface area contributed by atoms with Gasteiger partial charge in [-0.15, -0.1) is 0 Å². The number of para-hydroxylation sites is 1. The number of primary amides is 1. The zero-order valence-corrected chi connectivity index (χ0v) is 22.3. The number of nitrogens with zero attached hydrogens (tertiary/aromatic N) is 1. The first-order chi connectivity index (χ1) is 18.5. The Morgan fingerprint density at radius 2 is 1.82 bits per heavy atom. The average molecular weight is 543 g/mol. The van der Waals surface area contributed by atoms with E-state index in [1.54, 1.807) is 6.20 Å². The van der Waals surface area contributed by atoms with Crippen molar-refractivity contribution < 1.29 is 29.1 Å². The molecule has 0 spiro atoms. The molecule has 8 N–H and O–H groups in total. The Kier molecular flexibility index (Phi) is 10.0. The molecule has 2 aromatic rings. The molecule has 1 aromatic carbocycles. The number of rotatable bonds is 13. The fourth-order valence-corrected chi connectivity index (χ4v) is 4.82. The van der Waals surface area contributed by atoms with Gasteiger partial charge < -0.3 is 37.1 Å². The summed E-state index contributed by atoms with van der Waals surface area (Å²) in [6.45, 7) is 3.95. The van der Waals surface area contributed by atoms with Gasteiger partial charge in [0.25, 0.3) is 0 Å². The number of carbonyl (C=O) groups is 5. The number of carboxylic acids is 1. The normalized spacial score (nSPS) is 18.2. The molecule has 0 saturated carbocycles. The molecular weight excluding hydrogens is 504 g/mol. The molecule has 0 aliphatic carbocycles. The topological polar surface area (TPSA) is 201 Å². The van der Waals surface area contributed by atoms with Crippen molar-refractivity contribution in [1.29, 1.82) is 0 Å². The number of aliphatic carboxylic acids is 1. The van der Waals surface area contributed by atoms with Crippen molar-refractivity contribution in [3.63, 3.8) is 0 Å². The maximum absolute atomic E-state index is 13.7. The van der Waals surface area contributed by atoms with Crippen LogP contribution in [0.1, 0.15) is 51.5 Å². The Hall–Kier alpha value is -3.93. The van der Waals surface area contributed by atoms with Crippen LogP contribution in [0.4, 0.5) is 0 Å². The number of carboxylic acid groups (broad SMARTS) is 1. The van der Waals surface area contributed by atoms with E-state index in [4.69, 9.17) is 11.5 Å². The Labute approximate surface area is 226 Å². The first kappa shape index (κ1) is 29.6. The number of hydrogen-bond donors (Lipinski definition) is 6. The molecule has 39 heavy (non-hydrogen) atoms. The number of carbonyl (C=O) groups excluding carboxylic acids is 4. The molecule has 212 valence electrons. The Balaban J connectivity index is 1.88. The molecule has 1 aliphatic rings. The lowest BCUT2D eigenvalue weighted by molar-refractivity contribution is -0.149. The number of aromatic amines is 1. The van der Waals surface area contributed by atoms with Gasteiger partial charge in [-0.2, -0.15) is 0 Å². The summed E-state index contributed by atoms with van der Waals surface area (Å²) < 4.78 is 0. The molecule has 0 bridgehead atoms. The average Bonchev–Trinajstić information content (AvgIpc) is 3.57. The van der Waals surface area contributed by atoms with E-state index in [0.29, 0.717) is 19.3 Å². The molecule has 4 amide bonds. The number of fused-ring (bicyclic) bond motifs is 1. The maximum Gasteiger partial charge on any atom is 0.326 e. The van der Waals surface area contributed by atoms with Crippen LogP contribution in [0, 0.1) is 5.92 Å². The summed E-state index contributed by atoms with van der Waals surface area (Å²) in [7, 11) is 0. The molecule has 5 atom stereocenters. The Bertz CT molecular complexity index is 1210. The summed E-state index contributed by atoms with van der Waals surface area (Å²) >= 11 is 0. The first-order valence-electron chi connectivity index (χ1n) is 13.3. The standard InChI is InChI=1S/C27H38N6O6/c1-3-15(2)23(29)25(36)31-19(10-11-22(28)34)24(35)32-20(26(37)33-12-6-9-21(33)27(38)39)13-16-14-30-18-8-5-4-7-17(16)18/h4-5,7-8,14-15,19-21,23,30H,3,6,9-13,29H2,1-2H3,(H2,28,34)(H,31,36)(H,32,35)(H,38,39). The van der Waals surface area contributed by atoms with Crippen molar-refractivity contribution in [2.75, 3.05) is 6.54 Å². The number of aromatic nitrogens is 1. The maximum atomic E-state index is 13.7. The van der Waals surface area contributed by atoms with E-state index in [2.05, 4.69) is 15.6 Å². The van der Waals surface area contributed by atoms with Crippen molar-refractivity contribution in [3.8, 4) is 0 Å². The predicted molar refractivity (Wildman–Crippen MR) is 144 cm³/mol. The minimum Gasteiger partial charge on any atom is -0.480 e. The van der Waals surface area contributed by atoms with Gasteiger partial charge in [-0.3, -0.25) is 19.2 Å². The first-order valence-corrected chi connectivity index (χ1v) is 13.3. The van der Waals surface area contributed by atoms with Crippen LogP contribution in [0.15, 0.2) is 30.5 Å². The number of hydrogen-bond acceptors (Lipinski definition) is 6. The van der Waals surface area contributed by atoms with Gasteiger partial charge in [0, 0.05) is 36.5 Å². The fourth-order valence-electron chi connectivity index (χ4n) is 4.82. The number of nitrogens with one attached hydrogen (secondary N) is 3. The SMILES string of the molecule is CCC(C)C(N)C(=O)NC(CCC(N)=O)C(=O)NC(Cc1c[nH]c2ccccc12)C(=O)N1CCCC1C(=O)O. The van der Waals surface area contributed by atoms with E-state index in [9.17, 15) is 29.1 Å². The molecule has 2 heterocycles. The van der Waals surface area contributed by atoms with Gasteiger partial charge in [0.05, 0.1) is 6.04 Å². The molecule has 5 unspecified atom stereocenters. The third-order valence-electron chi connectivity index (χ3n) is 7.41. The van der Waals surface area contributed by atoms with E-state index in [1.807, 2.05) is 38.1 Å². The highest BCUT2D eigenvalue weighted by Gasteiger charge is 2.39. The largest absolute Gasteiger partial charge is 0.480 e. The van der Waals surface area contributed by atoms with Gasteiger partial charge in [-0.1, -0.05) is 38.5 Å². The summed E-state index contributed by atoms with van der Waals surface area (Å²) in [6.07, 6.45) is 3.06. The summed E-state index contributed by atoms with van der Waals surface area (Å²) in [5.41, 5.74) is 12.9. The molecule has 0 radical (unpaired) electrons. The van der Waals surface area contributed by atoms with Crippen LogP contribution in [0.3, 0.4) is 0 Å². The molecule has 12 nitrogen and oxygen atoms in total. The quantitative estimate of drug-likeness (QED) is 0.210. The smallest absolute Gasteiger partial charge is 0.326 e. The number of nitrogens with two attached hydrogens (primary N) is 2. The van der Waals surface area contributed by atoms with E-state index >= 15 is 0 Å². The van der Waals surface area contributed by atoms with E-state index in [1.165, 1.54) is 4.90 Å². The predicted octanol–water partition coefficient (Wildman–Crippen LogP) is 0.395. The zero-order chi connectivity index (χ0) is 28.7. The van der Waals surface area contributed by atoms with Crippen LogP contribution in [0.2, 0.25) is 0 Å². The van der Waals surface area contributed by atoms with Crippen LogP contribution in [-0.4, -0.2) is 75.3 Å². The third kappa shape index (κ3) is 7.34. The van der Waals surface area contributed by atoms with E-state index in [-0.39, 0.29) is 31.7 Å². The second kappa shape index (κ2) is 13.2. The van der Waals surface area contributed by atoms with Gasteiger partial charge in [-0.05, 0) is 36.8 Å². The van der Waals surface area contributed by atoms with Crippen LogP contribution in [0.25, 0.3) is 10.9 Å². The highest BCUT2D eigenvalue weighted by molar-refractivity contribution is 5.95. The highest BCUT2D eigenvalue weighted by atomic mass is 16.4. The molecular formula is C27H38N6O6. The van der Waals surface area contributed by atoms with Gasteiger partial charge in [0.2, 0.25) is 23.6 Å². The lowest BCUT2D eigenvalue weighted by Gasteiger charge is -2.29. The molecule has 1 saturated heterocycles. The van der Waals surface area contributed by atoms with Crippen LogP contribution in [-0.2, 0) is 30.4 Å². The minimum absolute atomic E-state index is 0.0836. The van der Waals surface area contributed by atoms with Crippen LogP contribution in [0.5, 0.6) is 0 Å². The lowest BCUT2D eigenvalue weighted by Crippen LogP contribution is -2.58. The summed E-state index contributed by atoms with van der Waals surface area (Å²) in [5, 5.41) is 15.8. The monoisotopic (exact) mass is 542 g/mol. The number of H-pyrrole nitrogens is 1. The zero-order valence-electron chi connectivity index (χ0n) is 22.3. The summed E-state index contributed by atoms with van der Waals surface area (Å²) in [5.74, 6) is -3.69. The summed E-state index contributed by atoms with van der Waals surface area (Å²) in [6, 6.07) is 3.33. The van der Waals surface area contributed by atoms with Gasteiger partial charge >= 0.3 is 5.97 Å². The van der Waals surface area contributed by atoms with E-state index < -0.39 is 53.8 Å². The Morgan fingerprint density at radius 3 is 2.49 bits per heavy atom. The lowest BCUT2D eigenvalue weighted by atomic mass is 9.98. The van der Waals surface area contributed by atoms with Crippen LogP contribution < -0.4 is 22.1 Å². The number of benzene rings is 1. The molecule has 1 aliphatic heterocycles. The molecule has 3 rings (SSSR count).